The molecule has 0 radical (unpaired) electrons. The molecule has 0 unspecified atom stereocenters. The van der Waals surface area contributed by atoms with Gasteiger partial charge in [0.15, 0.2) is 6.10 Å². The Labute approximate surface area is 151 Å². The smallest absolute Gasteiger partial charge is 0.339 e. The van der Waals surface area contributed by atoms with E-state index in [1.807, 2.05) is 13.8 Å². The van der Waals surface area contributed by atoms with Gasteiger partial charge < -0.3 is 19.6 Å². The molecule has 2 N–H and O–H groups in total. The fourth-order valence-electron chi connectivity index (χ4n) is 2.59. The van der Waals surface area contributed by atoms with Crippen LogP contribution in [0.25, 0.3) is 11.0 Å². The minimum atomic E-state index is -1.08. The van der Waals surface area contributed by atoms with Crippen LogP contribution < -0.4 is 15.7 Å². The molecule has 1 heterocycles. The van der Waals surface area contributed by atoms with Crippen LogP contribution in [0.4, 0.5) is 0 Å². The largest absolute Gasteiger partial charge is 0.481 e. The number of amides is 1. The van der Waals surface area contributed by atoms with Gasteiger partial charge in [-0.15, -0.1) is 0 Å². The lowest BCUT2D eigenvalue weighted by atomic mass is 10.1. The number of carbonyl (C=O) groups excluding carboxylic acids is 1. The Morgan fingerprint density at radius 1 is 1.27 bits per heavy atom. The third kappa shape index (κ3) is 4.22. The average molecular weight is 361 g/mol. The zero-order valence-corrected chi connectivity index (χ0v) is 15.3. The highest BCUT2D eigenvalue weighted by molar-refractivity contribution is 5.86. The third-order valence-corrected chi connectivity index (χ3v) is 4.30. The number of aryl methyl sites for hydroxylation is 1. The number of carbonyl (C=O) groups is 2. The Kier molecular flexibility index (Phi) is 6.02. The maximum absolute atomic E-state index is 12.2. The number of carboxylic acids is 1. The van der Waals surface area contributed by atoms with Crippen LogP contribution in [0.5, 0.6) is 5.75 Å². The van der Waals surface area contributed by atoms with Crippen molar-refractivity contribution in [1.82, 2.24) is 5.32 Å². The predicted molar refractivity (Wildman–Crippen MR) is 96.5 cm³/mol. The zero-order chi connectivity index (χ0) is 19.4. The van der Waals surface area contributed by atoms with Gasteiger partial charge in [-0.1, -0.05) is 13.3 Å². The highest BCUT2D eigenvalue weighted by atomic mass is 16.5. The van der Waals surface area contributed by atoms with Gasteiger partial charge in [0, 0.05) is 17.0 Å². The Bertz CT molecular complexity index is 885. The average Bonchev–Trinajstić information content (AvgIpc) is 2.59. The van der Waals surface area contributed by atoms with Crippen LogP contribution in [0.1, 0.15) is 37.8 Å². The maximum Gasteiger partial charge on any atom is 0.339 e. The minimum absolute atomic E-state index is 0.341. The van der Waals surface area contributed by atoms with Gasteiger partial charge >= 0.3 is 11.6 Å². The Hall–Kier alpha value is -2.83. The van der Waals surface area contributed by atoms with E-state index in [-0.39, 0.29) is 0 Å². The number of fused-ring (bicyclic) bond motifs is 1. The molecule has 2 atom stereocenters. The second-order valence-corrected chi connectivity index (χ2v) is 6.25. The number of nitrogens with one attached hydrogen (secondary N) is 1. The van der Waals surface area contributed by atoms with Crippen molar-refractivity contribution < 1.29 is 23.8 Å². The molecule has 0 aliphatic carbocycles. The van der Waals surface area contributed by atoms with Crippen molar-refractivity contribution in [2.24, 2.45) is 0 Å². The number of rotatable bonds is 7. The SMILES string of the molecule is CCC[C@@H](NC(=O)[C@H](C)Oc1ccc2c(C)c(C)c(=O)oc2c1)C(=O)O. The van der Waals surface area contributed by atoms with Crippen molar-refractivity contribution in [3.8, 4) is 5.75 Å². The molecule has 0 spiro atoms. The summed E-state index contributed by atoms with van der Waals surface area (Å²) < 4.78 is 10.9. The van der Waals surface area contributed by atoms with Crippen molar-refractivity contribution in [3.05, 3.63) is 39.7 Å². The standard InChI is InChI=1S/C19H23NO6/c1-5-6-15(18(22)23)20-17(21)12(4)25-13-7-8-14-10(2)11(3)19(24)26-16(14)9-13/h7-9,12,15H,5-6H2,1-4H3,(H,20,21)(H,22,23)/t12-,15+/m0/s1. The van der Waals surface area contributed by atoms with Crippen molar-refractivity contribution in [3.63, 3.8) is 0 Å². The molecule has 26 heavy (non-hydrogen) atoms. The number of benzene rings is 1. The Morgan fingerprint density at radius 3 is 2.58 bits per heavy atom. The molecule has 7 heteroatoms. The first-order valence-corrected chi connectivity index (χ1v) is 8.48. The summed E-state index contributed by atoms with van der Waals surface area (Å²) in [5.41, 5.74) is 1.34. The monoisotopic (exact) mass is 361 g/mol. The van der Waals surface area contributed by atoms with Crippen LogP contribution in [0.3, 0.4) is 0 Å². The van der Waals surface area contributed by atoms with Crippen LogP contribution >= 0.6 is 0 Å². The van der Waals surface area contributed by atoms with Gasteiger partial charge in [0.05, 0.1) is 0 Å². The fraction of sp³-hybridized carbons (Fsp3) is 0.421. The van der Waals surface area contributed by atoms with Crippen molar-refractivity contribution in [1.29, 1.82) is 0 Å². The molecule has 140 valence electrons. The molecule has 1 aromatic heterocycles. The predicted octanol–water partition coefficient (Wildman–Crippen LogP) is 2.55. The lowest BCUT2D eigenvalue weighted by molar-refractivity contribution is -0.143. The van der Waals surface area contributed by atoms with Gasteiger partial charge in [0.25, 0.3) is 5.91 Å². The minimum Gasteiger partial charge on any atom is -0.481 e. The van der Waals surface area contributed by atoms with Crippen molar-refractivity contribution in [2.75, 3.05) is 0 Å². The van der Waals surface area contributed by atoms with Crippen LogP contribution in [0, 0.1) is 13.8 Å². The second kappa shape index (κ2) is 8.03. The lowest BCUT2D eigenvalue weighted by Crippen LogP contribution is -2.46. The van der Waals surface area contributed by atoms with Crippen LogP contribution in [-0.4, -0.2) is 29.1 Å². The van der Waals surface area contributed by atoms with E-state index in [1.165, 1.54) is 6.92 Å². The summed E-state index contributed by atoms with van der Waals surface area (Å²) in [4.78, 5) is 35.1. The van der Waals surface area contributed by atoms with Crippen LogP contribution in [-0.2, 0) is 9.59 Å². The van der Waals surface area contributed by atoms with E-state index in [1.54, 1.807) is 25.1 Å². The Balaban J connectivity index is 2.17. The van der Waals surface area contributed by atoms with E-state index in [0.717, 1.165) is 10.9 Å². The van der Waals surface area contributed by atoms with Crippen LogP contribution in [0.15, 0.2) is 27.4 Å². The third-order valence-electron chi connectivity index (χ3n) is 4.30. The number of ether oxygens (including phenoxy) is 1. The van der Waals surface area contributed by atoms with Gasteiger partial charge in [-0.05, 0) is 44.9 Å². The van der Waals surface area contributed by atoms with E-state index in [2.05, 4.69) is 5.32 Å². The number of hydrogen-bond donors (Lipinski definition) is 2. The zero-order valence-electron chi connectivity index (χ0n) is 15.3. The first-order chi connectivity index (χ1) is 12.2. The lowest BCUT2D eigenvalue weighted by Gasteiger charge is -2.18. The normalized spacial score (nSPS) is 13.2. The van der Waals surface area contributed by atoms with Crippen molar-refractivity contribution in [2.45, 2.75) is 52.7 Å². The topological polar surface area (TPSA) is 106 Å². The molecule has 0 saturated heterocycles. The number of carboxylic acid groups (broad SMARTS) is 1. The molecule has 2 aromatic rings. The molecule has 7 nitrogen and oxygen atoms in total. The van der Waals surface area contributed by atoms with E-state index in [4.69, 9.17) is 14.3 Å². The van der Waals surface area contributed by atoms with Gasteiger partial charge in [0.1, 0.15) is 17.4 Å². The molecule has 1 aromatic carbocycles. The van der Waals surface area contributed by atoms with Gasteiger partial charge in [-0.2, -0.15) is 0 Å². The summed E-state index contributed by atoms with van der Waals surface area (Å²) >= 11 is 0. The Morgan fingerprint density at radius 2 is 1.96 bits per heavy atom. The molecular weight excluding hydrogens is 338 g/mol. The molecule has 0 bridgehead atoms. The summed E-state index contributed by atoms with van der Waals surface area (Å²) in [5.74, 6) is -1.24. The molecule has 1 amide bonds. The van der Waals surface area contributed by atoms with Gasteiger partial charge in [-0.25, -0.2) is 9.59 Å². The molecule has 0 aliphatic rings. The van der Waals surface area contributed by atoms with Crippen molar-refractivity contribution >= 4 is 22.8 Å². The van der Waals surface area contributed by atoms with E-state index in [0.29, 0.717) is 29.7 Å². The molecule has 0 saturated carbocycles. The highest BCUT2D eigenvalue weighted by Gasteiger charge is 2.23. The quantitative estimate of drug-likeness (QED) is 0.734. The second-order valence-electron chi connectivity index (χ2n) is 6.25. The van der Waals surface area contributed by atoms with Crippen LogP contribution in [0.2, 0.25) is 0 Å². The van der Waals surface area contributed by atoms with Gasteiger partial charge in [-0.3, -0.25) is 4.79 Å². The summed E-state index contributed by atoms with van der Waals surface area (Å²) in [6, 6.07) is 4.05. The first kappa shape index (κ1) is 19.5. The van der Waals surface area contributed by atoms with Gasteiger partial charge in [0.2, 0.25) is 0 Å². The molecule has 2 rings (SSSR count). The number of hydrogen-bond acceptors (Lipinski definition) is 5. The van der Waals surface area contributed by atoms with E-state index in [9.17, 15) is 14.4 Å². The molecule has 0 fully saturated rings. The summed E-state index contributed by atoms with van der Waals surface area (Å²) in [7, 11) is 0. The summed E-state index contributed by atoms with van der Waals surface area (Å²) in [6.07, 6.45) is 0.0760. The highest BCUT2D eigenvalue weighted by Crippen LogP contribution is 2.24. The summed E-state index contributed by atoms with van der Waals surface area (Å²) in [5, 5.41) is 12.4. The molecular formula is C19H23NO6. The fourth-order valence-corrected chi connectivity index (χ4v) is 2.59. The first-order valence-electron chi connectivity index (χ1n) is 8.48. The summed E-state index contributed by atoms with van der Waals surface area (Å²) in [6.45, 7) is 6.91. The molecule has 0 aliphatic heterocycles. The van der Waals surface area contributed by atoms with E-state index >= 15 is 0 Å². The maximum atomic E-state index is 12.2. The van der Waals surface area contributed by atoms with E-state index < -0.39 is 29.6 Å². The number of aliphatic carboxylic acids is 1.